The van der Waals surface area contributed by atoms with E-state index in [-0.39, 0.29) is 17.9 Å². The molecule has 0 saturated carbocycles. The summed E-state index contributed by atoms with van der Waals surface area (Å²) in [6, 6.07) is 21.0. The van der Waals surface area contributed by atoms with Crippen molar-refractivity contribution in [3.8, 4) is 0 Å². The van der Waals surface area contributed by atoms with Gasteiger partial charge in [-0.05, 0) is 47.4 Å². The lowest BCUT2D eigenvalue weighted by Gasteiger charge is -2.40. The van der Waals surface area contributed by atoms with Gasteiger partial charge in [0, 0.05) is 23.5 Å². The molecule has 0 spiro atoms. The first-order valence-corrected chi connectivity index (χ1v) is 12.8. The first-order valence-electron chi connectivity index (χ1n) is 11.8. The van der Waals surface area contributed by atoms with Gasteiger partial charge in [0.15, 0.2) is 5.17 Å². The lowest BCUT2D eigenvalue weighted by molar-refractivity contribution is -0.137. The molecule has 1 fully saturated rings. The number of thioether (sulfide) groups is 1. The van der Waals surface area contributed by atoms with E-state index < -0.39 is 0 Å². The second-order valence-electron chi connectivity index (χ2n) is 8.50. The Bertz CT molecular complexity index is 1360. The number of esters is 1. The lowest BCUT2D eigenvalue weighted by atomic mass is 9.93. The maximum atomic E-state index is 13.2. The van der Waals surface area contributed by atoms with Crippen LogP contribution in [0.3, 0.4) is 0 Å². The summed E-state index contributed by atoms with van der Waals surface area (Å²) in [7, 11) is 1.41. The molecule has 7 heteroatoms. The van der Waals surface area contributed by atoms with Crippen molar-refractivity contribution in [1.29, 1.82) is 0 Å². The third-order valence-corrected chi connectivity index (χ3v) is 7.46. The first-order chi connectivity index (χ1) is 17.1. The molecule has 178 valence electrons. The topological polar surface area (TPSA) is 71.0 Å². The van der Waals surface area contributed by atoms with Gasteiger partial charge in [-0.2, -0.15) is 0 Å². The summed E-state index contributed by atoms with van der Waals surface area (Å²) < 4.78 is 5.18. The standard InChI is InChI=1S/C28H27N3O3S/c1-3-23-24(27(33)34-2)25(31-15-8-16-35-28(31)30-23)19-11-6-12-20(17-19)29-26(32)22-14-7-10-18-9-4-5-13-21(18)22/h4-7,9-14,17,25H,3,8,15-16H2,1-2H3,(H,29,32)/t25-/m1/s1. The number of amides is 1. The van der Waals surface area contributed by atoms with E-state index in [0.717, 1.165) is 45.9 Å². The van der Waals surface area contributed by atoms with Gasteiger partial charge < -0.3 is 15.0 Å². The molecular formula is C28H27N3O3S. The number of allylic oxidation sites excluding steroid dienone is 1. The number of nitrogens with zero attached hydrogens (tertiary/aromatic N) is 2. The number of nitrogens with one attached hydrogen (secondary N) is 1. The van der Waals surface area contributed by atoms with E-state index in [0.29, 0.717) is 23.2 Å². The van der Waals surface area contributed by atoms with E-state index in [2.05, 4.69) is 10.2 Å². The average Bonchev–Trinajstić information content (AvgIpc) is 2.91. The van der Waals surface area contributed by atoms with Crippen LogP contribution in [0.4, 0.5) is 5.69 Å². The number of hydrogen-bond donors (Lipinski definition) is 1. The number of aliphatic imine (C=N–C) groups is 1. The van der Waals surface area contributed by atoms with Crippen LogP contribution in [0.1, 0.15) is 41.7 Å². The van der Waals surface area contributed by atoms with Crippen LogP contribution in [-0.4, -0.2) is 41.4 Å². The van der Waals surface area contributed by atoms with Crippen molar-refractivity contribution in [2.75, 3.05) is 24.7 Å². The van der Waals surface area contributed by atoms with Crippen LogP contribution in [0, 0.1) is 0 Å². The highest BCUT2D eigenvalue weighted by atomic mass is 32.2. The van der Waals surface area contributed by atoms with Gasteiger partial charge in [0.05, 0.1) is 24.4 Å². The third kappa shape index (κ3) is 4.44. The first kappa shape index (κ1) is 23.2. The maximum absolute atomic E-state index is 13.2. The van der Waals surface area contributed by atoms with Gasteiger partial charge in [0.2, 0.25) is 0 Å². The van der Waals surface area contributed by atoms with Crippen LogP contribution in [0.25, 0.3) is 10.8 Å². The number of carbonyl (C=O) groups is 2. The Morgan fingerprint density at radius 3 is 2.74 bits per heavy atom. The number of benzene rings is 3. The van der Waals surface area contributed by atoms with Gasteiger partial charge in [-0.1, -0.05) is 67.2 Å². The van der Waals surface area contributed by atoms with Gasteiger partial charge >= 0.3 is 5.97 Å². The van der Waals surface area contributed by atoms with Crippen molar-refractivity contribution in [2.24, 2.45) is 4.99 Å². The molecule has 35 heavy (non-hydrogen) atoms. The SMILES string of the molecule is CCC1=C(C(=O)OC)[C@@H](c2cccc(NC(=O)c3cccc4ccccc34)c2)N2CCCSC2=N1. The molecule has 1 amide bonds. The minimum atomic E-state index is -0.365. The molecular weight excluding hydrogens is 458 g/mol. The number of fused-ring (bicyclic) bond motifs is 2. The molecule has 2 aliphatic rings. The van der Waals surface area contributed by atoms with E-state index in [1.54, 1.807) is 11.8 Å². The second kappa shape index (κ2) is 9.96. The monoisotopic (exact) mass is 485 g/mol. The van der Waals surface area contributed by atoms with Crippen LogP contribution in [-0.2, 0) is 9.53 Å². The molecule has 2 aliphatic heterocycles. The molecule has 0 unspecified atom stereocenters. The van der Waals surface area contributed by atoms with Crippen LogP contribution < -0.4 is 5.32 Å². The van der Waals surface area contributed by atoms with E-state index in [4.69, 9.17) is 9.73 Å². The molecule has 5 rings (SSSR count). The quantitative estimate of drug-likeness (QED) is 0.464. The van der Waals surface area contributed by atoms with Gasteiger partial charge in [0.25, 0.3) is 5.91 Å². The lowest BCUT2D eigenvalue weighted by Crippen LogP contribution is -2.42. The minimum absolute atomic E-state index is 0.170. The zero-order valence-electron chi connectivity index (χ0n) is 19.8. The Balaban J connectivity index is 1.51. The highest BCUT2D eigenvalue weighted by Crippen LogP contribution is 2.41. The highest BCUT2D eigenvalue weighted by molar-refractivity contribution is 8.13. The normalized spacial score (nSPS) is 17.6. The fraction of sp³-hybridized carbons (Fsp3) is 0.250. The Hall–Kier alpha value is -3.58. The molecule has 0 bridgehead atoms. The maximum Gasteiger partial charge on any atom is 0.338 e. The number of anilines is 1. The number of hydrogen-bond acceptors (Lipinski definition) is 6. The summed E-state index contributed by atoms with van der Waals surface area (Å²) in [5.74, 6) is 0.472. The van der Waals surface area contributed by atoms with Gasteiger partial charge in [0.1, 0.15) is 0 Å². The summed E-state index contributed by atoms with van der Waals surface area (Å²) in [4.78, 5) is 33.1. The van der Waals surface area contributed by atoms with Crippen molar-refractivity contribution < 1.29 is 14.3 Å². The number of ether oxygens (including phenoxy) is 1. The molecule has 2 heterocycles. The Labute approximate surface area is 209 Å². The Morgan fingerprint density at radius 1 is 1.11 bits per heavy atom. The summed E-state index contributed by atoms with van der Waals surface area (Å²) in [6.45, 7) is 2.81. The largest absolute Gasteiger partial charge is 0.466 e. The van der Waals surface area contributed by atoms with Crippen molar-refractivity contribution in [1.82, 2.24) is 4.90 Å². The highest BCUT2D eigenvalue weighted by Gasteiger charge is 2.38. The fourth-order valence-corrected chi connectivity index (χ4v) is 5.76. The van der Waals surface area contributed by atoms with Gasteiger partial charge in [-0.25, -0.2) is 9.79 Å². The van der Waals surface area contributed by atoms with Crippen LogP contribution in [0.15, 0.2) is 83.0 Å². The van der Waals surface area contributed by atoms with Crippen molar-refractivity contribution >= 4 is 45.3 Å². The Kier molecular flexibility index (Phi) is 6.59. The molecule has 1 N–H and O–H groups in total. The average molecular weight is 486 g/mol. The molecule has 3 aromatic rings. The van der Waals surface area contributed by atoms with Crippen LogP contribution >= 0.6 is 11.8 Å². The summed E-state index contributed by atoms with van der Waals surface area (Å²) >= 11 is 1.72. The van der Waals surface area contributed by atoms with Crippen LogP contribution in [0.2, 0.25) is 0 Å². The molecule has 3 aromatic carbocycles. The number of carbonyl (C=O) groups excluding carboxylic acids is 2. The predicted octanol–water partition coefficient (Wildman–Crippen LogP) is 5.78. The molecule has 1 saturated heterocycles. The Morgan fingerprint density at radius 2 is 1.91 bits per heavy atom. The van der Waals surface area contributed by atoms with E-state index in [1.807, 2.05) is 73.7 Å². The molecule has 6 nitrogen and oxygen atoms in total. The third-order valence-electron chi connectivity index (χ3n) is 6.38. The predicted molar refractivity (Wildman–Crippen MR) is 142 cm³/mol. The fourth-order valence-electron chi connectivity index (χ4n) is 4.77. The summed E-state index contributed by atoms with van der Waals surface area (Å²) in [6.07, 6.45) is 1.64. The zero-order chi connectivity index (χ0) is 24.4. The van der Waals surface area contributed by atoms with E-state index in [9.17, 15) is 9.59 Å². The van der Waals surface area contributed by atoms with Gasteiger partial charge in [-0.3, -0.25) is 4.79 Å². The summed E-state index contributed by atoms with van der Waals surface area (Å²) in [5.41, 5.74) is 3.54. The number of rotatable bonds is 5. The number of amidine groups is 1. The zero-order valence-corrected chi connectivity index (χ0v) is 20.6. The molecule has 0 radical (unpaired) electrons. The second-order valence-corrected chi connectivity index (χ2v) is 9.57. The van der Waals surface area contributed by atoms with E-state index >= 15 is 0 Å². The molecule has 0 aliphatic carbocycles. The van der Waals surface area contributed by atoms with Crippen molar-refractivity contribution in [3.63, 3.8) is 0 Å². The van der Waals surface area contributed by atoms with Crippen molar-refractivity contribution in [2.45, 2.75) is 25.8 Å². The van der Waals surface area contributed by atoms with E-state index in [1.165, 1.54) is 7.11 Å². The van der Waals surface area contributed by atoms with Crippen molar-refractivity contribution in [3.05, 3.63) is 89.1 Å². The summed E-state index contributed by atoms with van der Waals surface area (Å²) in [5, 5.41) is 5.93. The number of methoxy groups -OCH3 is 1. The van der Waals surface area contributed by atoms with Gasteiger partial charge in [-0.15, -0.1) is 0 Å². The molecule has 1 atom stereocenters. The minimum Gasteiger partial charge on any atom is -0.466 e. The van der Waals surface area contributed by atoms with Crippen LogP contribution in [0.5, 0.6) is 0 Å². The smallest absolute Gasteiger partial charge is 0.338 e. The molecule has 0 aromatic heterocycles.